The predicted octanol–water partition coefficient (Wildman–Crippen LogP) is 3.98. The van der Waals surface area contributed by atoms with E-state index in [1.54, 1.807) is 23.2 Å². The minimum Gasteiger partial charge on any atom is -0.280 e. The number of thiazole rings is 1. The Bertz CT molecular complexity index is 664. The first-order chi connectivity index (χ1) is 10.7. The number of benzene rings is 1. The molecule has 0 aliphatic heterocycles. The van der Waals surface area contributed by atoms with Gasteiger partial charge in [-0.05, 0) is 30.5 Å². The first kappa shape index (κ1) is 15.2. The normalized spacial score (nSPS) is 15.0. The van der Waals surface area contributed by atoms with Crippen molar-refractivity contribution in [1.82, 2.24) is 4.98 Å². The Hall–Kier alpha value is -1.66. The zero-order valence-corrected chi connectivity index (χ0v) is 13.5. The summed E-state index contributed by atoms with van der Waals surface area (Å²) in [7, 11) is 0. The summed E-state index contributed by atoms with van der Waals surface area (Å²) >= 11 is 6.77. The van der Waals surface area contributed by atoms with Gasteiger partial charge in [-0.25, -0.2) is 9.37 Å². The molecular formula is C16H15FN2OS2. The van der Waals surface area contributed by atoms with Crippen molar-refractivity contribution >= 4 is 39.5 Å². The first-order valence-corrected chi connectivity index (χ1v) is 8.48. The average Bonchev–Trinajstić information content (AvgIpc) is 3.21. The molecule has 2 aromatic rings. The lowest BCUT2D eigenvalue weighted by atomic mass is 10.1. The van der Waals surface area contributed by atoms with Crippen LogP contribution in [-0.2, 0) is 4.79 Å². The molecule has 1 aliphatic rings. The maximum absolute atomic E-state index is 13.0. The third-order valence-electron chi connectivity index (χ3n) is 3.83. The molecule has 0 N–H and O–H groups in total. The monoisotopic (exact) mass is 334 g/mol. The molecule has 114 valence electrons. The number of hydrogen-bond acceptors (Lipinski definition) is 4. The molecule has 0 unspecified atom stereocenters. The second-order valence-electron chi connectivity index (χ2n) is 5.26. The van der Waals surface area contributed by atoms with Gasteiger partial charge in [-0.15, -0.1) is 11.3 Å². The highest BCUT2D eigenvalue weighted by Crippen LogP contribution is 2.30. The summed E-state index contributed by atoms with van der Waals surface area (Å²) in [6, 6.07) is 5.88. The van der Waals surface area contributed by atoms with Gasteiger partial charge in [0.15, 0.2) is 5.13 Å². The molecule has 3 nitrogen and oxygen atoms in total. The highest BCUT2D eigenvalue weighted by Gasteiger charge is 2.31. The number of hydrogen-bond donors (Lipinski definition) is 0. The molecule has 0 spiro atoms. The van der Waals surface area contributed by atoms with E-state index in [1.807, 2.05) is 5.38 Å². The molecule has 0 radical (unpaired) electrons. The minimum atomic E-state index is -0.341. The number of thiocarbonyl (C=S) groups is 1. The van der Waals surface area contributed by atoms with E-state index in [0.717, 1.165) is 25.7 Å². The summed E-state index contributed by atoms with van der Waals surface area (Å²) in [4.78, 5) is 19.1. The summed E-state index contributed by atoms with van der Waals surface area (Å²) in [5.74, 6) is -0.560. The van der Waals surface area contributed by atoms with Crippen LogP contribution in [0.1, 0.15) is 31.2 Å². The van der Waals surface area contributed by atoms with E-state index < -0.39 is 0 Å². The van der Waals surface area contributed by atoms with Gasteiger partial charge in [-0.2, -0.15) is 0 Å². The lowest BCUT2D eigenvalue weighted by Gasteiger charge is -2.26. The molecule has 1 amide bonds. The highest BCUT2D eigenvalue weighted by molar-refractivity contribution is 7.82. The fourth-order valence-corrected chi connectivity index (χ4v) is 3.69. The highest BCUT2D eigenvalue weighted by atomic mass is 32.1. The Morgan fingerprint density at radius 1 is 1.27 bits per heavy atom. The zero-order chi connectivity index (χ0) is 15.5. The van der Waals surface area contributed by atoms with Crippen molar-refractivity contribution in [3.05, 3.63) is 47.2 Å². The van der Waals surface area contributed by atoms with Crippen molar-refractivity contribution in [2.75, 3.05) is 4.90 Å². The van der Waals surface area contributed by atoms with Crippen molar-refractivity contribution in [3.8, 4) is 0 Å². The van der Waals surface area contributed by atoms with E-state index in [4.69, 9.17) is 12.2 Å². The SMILES string of the molecule is O=C(C(=S)c1ccc(F)cc1)N(c1nccs1)C1CCCC1. The van der Waals surface area contributed by atoms with E-state index in [9.17, 15) is 9.18 Å². The molecule has 6 heteroatoms. The Labute approximate surface area is 137 Å². The third-order valence-corrected chi connectivity index (χ3v) is 5.02. The van der Waals surface area contributed by atoms with Gasteiger partial charge in [0, 0.05) is 17.6 Å². The minimum absolute atomic E-state index is 0.150. The topological polar surface area (TPSA) is 33.2 Å². The summed E-state index contributed by atoms with van der Waals surface area (Å²) in [6.07, 6.45) is 5.86. The summed E-state index contributed by atoms with van der Waals surface area (Å²) in [5.41, 5.74) is 0.570. The van der Waals surface area contributed by atoms with Crippen molar-refractivity contribution in [2.24, 2.45) is 0 Å². The van der Waals surface area contributed by atoms with Gasteiger partial charge >= 0.3 is 0 Å². The van der Waals surface area contributed by atoms with Crippen molar-refractivity contribution in [1.29, 1.82) is 0 Å². The number of rotatable bonds is 4. The zero-order valence-electron chi connectivity index (χ0n) is 11.9. The molecule has 1 aliphatic carbocycles. The molecule has 22 heavy (non-hydrogen) atoms. The van der Waals surface area contributed by atoms with Crippen LogP contribution < -0.4 is 4.90 Å². The second kappa shape index (κ2) is 6.62. The van der Waals surface area contributed by atoms with Crippen LogP contribution in [0.15, 0.2) is 35.8 Å². The molecule has 0 bridgehead atoms. The Morgan fingerprint density at radius 2 is 1.95 bits per heavy atom. The lowest BCUT2D eigenvalue weighted by Crippen LogP contribution is -2.42. The first-order valence-electron chi connectivity index (χ1n) is 7.20. The quantitative estimate of drug-likeness (QED) is 0.626. The fraction of sp³-hybridized carbons (Fsp3) is 0.312. The standard InChI is InChI=1S/C16H15FN2OS2/c17-12-7-5-11(6-8-12)14(21)15(20)19(13-3-1-2-4-13)16-18-9-10-22-16/h5-10,13H,1-4H2. The molecule has 1 saturated carbocycles. The third kappa shape index (κ3) is 3.08. The van der Waals surface area contributed by atoms with E-state index in [-0.39, 0.29) is 22.6 Å². The second-order valence-corrected chi connectivity index (χ2v) is 6.55. The van der Waals surface area contributed by atoms with E-state index in [2.05, 4.69) is 4.98 Å². The van der Waals surface area contributed by atoms with Crippen LogP contribution in [0.25, 0.3) is 0 Å². The molecule has 3 rings (SSSR count). The average molecular weight is 334 g/mol. The molecule has 1 aromatic heterocycles. The van der Waals surface area contributed by atoms with E-state index >= 15 is 0 Å². The molecule has 0 atom stereocenters. The Kier molecular flexibility index (Phi) is 4.59. The molecule has 1 heterocycles. The smallest absolute Gasteiger partial charge is 0.271 e. The van der Waals surface area contributed by atoms with Crippen LogP contribution >= 0.6 is 23.6 Å². The van der Waals surface area contributed by atoms with E-state index in [1.165, 1.54) is 23.5 Å². The van der Waals surface area contributed by atoms with Crippen LogP contribution in [0.4, 0.5) is 9.52 Å². The number of carbonyl (C=O) groups is 1. The van der Waals surface area contributed by atoms with Crippen LogP contribution in [0.5, 0.6) is 0 Å². The van der Waals surface area contributed by atoms with Gasteiger partial charge in [-0.1, -0.05) is 37.2 Å². The number of amides is 1. The van der Waals surface area contributed by atoms with Crippen LogP contribution in [0.2, 0.25) is 0 Å². The van der Waals surface area contributed by atoms with Gasteiger partial charge in [0.25, 0.3) is 5.91 Å². The van der Waals surface area contributed by atoms with Gasteiger partial charge in [0.2, 0.25) is 0 Å². The lowest BCUT2D eigenvalue weighted by molar-refractivity contribution is -0.112. The molecular weight excluding hydrogens is 319 g/mol. The number of anilines is 1. The number of nitrogens with zero attached hydrogens (tertiary/aromatic N) is 2. The Morgan fingerprint density at radius 3 is 2.55 bits per heavy atom. The molecule has 1 fully saturated rings. The largest absolute Gasteiger partial charge is 0.280 e. The summed E-state index contributed by atoms with van der Waals surface area (Å²) < 4.78 is 13.0. The number of aromatic nitrogens is 1. The van der Waals surface area contributed by atoms with E-state index in [0.29, 0.717) is 10.7 Å². The van der Waals surface area contributed by atoms with Crippen LogP contribution in [0, 0.1) is 5.82 Å². The van der Waals surface area contributed by atoms with Crippen LogP contribution in [0.3, 0.4) is 0 Å². The Balaban J connectivity index is 1.88. The number of carbonyl (C=O) groups excluding carboxylic acids is 1. The number of halogens is 1. The maximum Gasteiger partial charge on any atom is 0.271 e. The van der Waals surface area contributed by atoms with Gasteiger partial charge in [0.05, 0.1) is 0 Å². The van der Waals surface area contributed by atoms with Crippen molar-refractivity contribution in [2.45, 2.75) is 31.7 Å². The fourth-order valence-electron chi connectivity index (χ4n) is 2.74. The van der Waals surface area contributed by atoms with Crippen LogP contribution in [-0.4, -0.2) is 21.8 Å². The summed E-state index contributed by atoms with van der Waals surface area (Å²) in [6.45, 7) is 0. The van der Waals surface area contributed by atoms with Gasteiger partial charge in [-0.3, -0.25) is 9.69 Å². The molecule has 1 aromatic carbocycles. The maximum atomic E-state index is 13.0. The summed E-state index contributed by atoms with van der Waals surface area (Å²) in [5, 5.41) is 2.53. The molecule has 0 saturated heterocycles. The predicted molar refractivity (Wildman–Crippen MR) is 90.0 cm³/mol. The van der Waals surface area contributed by atoms with Crippen molar-refractivity contribution < 1.29 is 9.18 Å². The van der Waals surface area contributed by atoms with Gasteiger partial charge in [0.1, 0.15) is 10.7 Å². The van der Waals surface area contributed by atoms with Crippen molar-refractivity contribution in [3.63, 3.8) is 0 Å². The van der Waals surface area contributed by atoms with Gasteiger partial charge < -0.3 is 0 Å².